The number of hydrogen-bond acceptors (Lipinski definition) is 3. The zero-order chi connectivity index (χ0) is 13.4. The van der Waals surface area contributed by atoms with E-state index < -0.39 is 0 Å². The lowest BCUT2D eigenvalue weighted by molar-refractivity contribution is -0.126. The molecule has 2 unspecified atom stereocenters. The highest BCUT2D eigenvalue weighted by atomic mass is 16.2. The van der Waals surface area contributed by atoms with Crippen LogP contribution in [0.2, 0.25) is 0 Å². The Morgan fingerprint density at radius 2 is 1.94 bits per heavy atom. The fourth-order valence-electron chi connectivity index (χ4n) is 1.47. The van der Waals surface area contributed by atoms with Gasteiger partial charge in [-0.25, -0.2) is 0 Å². The summed E-state index contributed by atoms with van der Waals surface area (Å²) in [5, 5.41) is 11.6. The molecule has 0 aromatic carbocycles. The van der Waals surface area contributed by atoms with Gasteiger partial charge in [0, 0.05) is 12.6 Å². The van der Waals surface area contributed by atoms with Gasteiger partial charge < -0.3 is 5.32 Å². The molecule has 0 heterocycles. The van der Waals surface area contributed by atoms with Gasteiger partial charge in [0.1, 0.15) is 0 Å². The van der Waals surface area contributed by atoms with Gasteiger partial charge in [-0.05, 0) is 33.2 Å². The minimum atomic E-state index is -0.189. The standard InChI is InChI=1S/C13H25N3O/c1-10(2)7-9-15-13(17)12(4)16(5)11(3)6-8-14/h10-12H,6-7,9H2,1-5H3,(H,15,17). The van der Waals surface area contributed by atoms with Crippen molar-refractivity contribution >= 4 is 5.91 Å². The van der Waals surface area contributed by atoms with E-state index in [2.05, 4.69) is 25.2 Å². The molecule has 0 spiro atoms. The van der Waals surface area contributed by atoms with Gasteiger partial charge in [0.05, 0.1) is 18.5 Å². The van der Waals surface area contributed by atoms with E-state index in [1.165, 1.54) is 0 Å². The van der Waals surface area contributed by atoms with Gasteiger partial charge in [0.2, 0.25) is 5.91 Å². The lowest BCUT2D eigenvalue weighted by atomic mass is 10.1. The maximum absolute atomic E-state index is 11.8. The van der Waals surface area contributed by atoms with Crippen LogP contribution in [0.3, 0.4) is 0 Å². The number of carbonyl (C=O) groups is 1. The number of nitrogens with zero attached hydrogens (tertiary/aromatic N) is 2. The molecule has 0 aromatic heterocycles. The van der Waals surface area contributed by atoms with Gasteiger partial charge in [-0.1, -0.05) is 13.8 Å². The predicted octanol–water partition coefficient (Wildman–Crippen LogP) is 1.77. The quantitative estimate of drug-likeness (QED) is 0.736. The Labute approximate surface area is 105 Å². The maximum atomic E-state index is 11.8. The molecule has 1 N–H and O–H groups in total. The molecule has 0 aliphatic rings. The van der Waals surface area contributed by atoms with Gasteiger partial charge >= 0.3 is 0 Å². The molecule has 0 fully saturated rings. The van der Waals surface area contributed by atoms with Crippen LogP contribution in [0.15, 0.2) is 0 Å². The van der Waals surface area contributed by atoms with Crippen LogP contribution in [-0.4, -0.2) is 36.5 Å². The summed E-state index contributed by atoms with van der Waals surface area (Å²) < 4.78 is 0. The molecule has 0 saturated heterocycles. The highest BCUT2D eigenvalue weighted by Crippen LogP contribution is 2.06. The monoisotopic (exact) mass is 239 g/mol. The van der Waals surface area contributed by atoms with Crippen molar-refractivity contribution < 1.29 is 4.79 Å². The predicted molar refractivity (Wildman–Crippen MR) is 69.4 cm³/mol. The Morgan fingerprint density at radius 3 is 2.41 bits per heavy atom. The Hall–Kier alpha value is -1.08. The molecular formula is C13H25N3O. The Kier molecular flexibility index (Phi) is 7.56. The van der Waals surface area contributed by atoms with E-state index in [-0.39, 0.29) is 18.0 Å². The molecule has 98 valence electrons. The van der Waals surface area contributed by atoms with Crippen molar-refractivity contribution in [3.8, 4) is 6.07 Å². The summed E-state index contributed by atoms with van der Waals surface area (Å²) in [5.74, 6) is 0.638. The molecule has 0 rings (SSSR count). The highest BCUT2D eigenvalue weighted by Gasteiger charge is 2.21. The van der Waals surface area contributed by atoms with E-state index in [1.807, 2.05) is 25.8 Å². The van der Waals surface area contributed by atoms with E-state index in [9.17, 15) is 4.79 Å². The smallest absolute Gasteiger partial charge is 0.237 e. The van der Waals surface area contributed by atoms with Crippen molar-refractivity contribution in [2.75, 3.05) is 13.6 Å². The van der Waals surface area contributed by atoms with Crippen molar-refractivity contribution in [2.24, 2.45) is 5.92 Å². The van der Waals surface area contributed by atoms with Gasteiger partial charge in [-0.2, -0.15) is 5.26 Å². The van der Waals surface area contributed by atoms with Crippen LogP contribution in [-0.2, 0) is 4.79 Å². The summed E-state index contributed by atoms with van der Waals surface area (Å²) in [6.45, 7) is 8.83. The third kappa shape index (κ3) is 6.28. The lowest BCUT2D eigenvalue weighted by Crippen LogP contribution is -2.47. The first-order chi connectivity index (χ1) is 7.90. The van der Waals surface area contributed by atoms with Crippen LogP contribution in [0.1, 0.15) is 40.5 Å². The first kappa shape index (κ1) is 15.9. The molecule has 17 heavy (non-hydrogen) atoms. The number of nitrogens with one attached hydrogen (secondary N) is 1. The molecule has 0 aromatic rings. The van der Waals surface area contributed by atoms with E-state index in [1.54, 1.807) is 0 Å². The molecule has 0 aliphatic carbocycles. The van der Waals surface area contributed by atoms with E-state index in [0.29, 0.717) is 12.3 Å². The molecule has 2 atom stereocenters. The normalized spacial score (nSPS) is 14.5. The van der Waals surface area contributed by atoms with Gasteiger partial charge in [-0.15, -0.1) is 0 Å². The summed E-state index contributed by atoms with van der Waals surface area (Å²) in [6.07, 6.45) is 1.44. The van der Waals surface area contributed by atoms with E-state index >= 15 is 0 Å². The number of carbonyl (C=O) groups excluding carboxylic acids is 1. The van der Waals surface area contributed by atoms with Crippen LogP contribution < -0.4 is 5.32 Å². The fourth-order valence-corrected chi connectivity index (χ4v) is 1.47. The Morgan fingerprint density at radius 1 is 1.35 bits per heavy atom. The van der Waals surface area contributed by atoms with E-state index in [0.717, 1.165) is 13.0 Å². The average molecular weight is 239 g/mol. The third-order valence-electron chi connectivity index (χ3n) is 3.09. The van der Waals surface area contributed by atoms with Crippen molar-refractivity contribution in [1.82, 2.24) is 10.2 Å². The molecule has 1 amide bonds. The van der Waals surface area contributed by atoms with Crippen molar-refractivity contribution in [3.05, 3.63) is 0 Å². The summed E-state index contributed by atoms with van der Waals surface area (Å²) in [4.78, 5) is 13.8. The zero-order valence-electron chi connectivity index (χ0n) is 11.7. The number of amides is 1. The van der Waals surface area contributed by atoms with Crippen molar-refractivity contribution in [3.63, 3.8) is 0 Å². The number of hydrogen-bond donors (Lipinski definition) is 1. The van der Waals surface area contributed by atoms with Gasteiger partial charge in [0.15, 0.2) is 0 Å². The first-order valence-electron chi connectivity index (χ1n) is 6.26. The summed E-state index contributed by atoms with van der Waals surface area (Å²) >= 11 is 0. The van der Waals surface area contributed by atoms with Gasteiger partial charge in [0.25, 0.3) is 0 Å². The third-order valence-corrected chi connectivity index (χ3v) is 3.09. The highest BCUT2D eigenvalue weighted by molar-refractivity contribution is 5.81. The Balaban J connectivity index is 4.07. The van der Waals surface area contributed by atoms with Crippen LogP contribution in [0, 0.1) is 17.2 Å². The van der Waals surface area contributed by atoms with Crippen LogP contribution in [0.5, 0.6) is 0 Å². The first-order valence-corrected chi connectivity index (χ1v) is 6.26. The summed E-state index contributed by atoms with van der Waals surface area (Å²) in [6, 6.07) is 2.04. The topological polar surface area (TPSA) is 56.1 Å². The molecule has 0 saturated carbocycles. The van der Waals surface area contributed by atoms with Crippen LogP contribution in [0.4, 0.5) is 0 Å². The van der Waals surface area contributed by atoms with E-state index in [4.69, 9.17) is 5.26 Å². The molecule has 4 nitrogen and oxygen atoms in total. The number of rotatable bonds is 7. The minimum Gasteiger partial charge on any atom is -0.355 e. The molecule has 4 heteroatoms. The maximum Gasteiger partial charge on any atom is 0.237 e. The number of nitriles is 1. The van der Waals surface area contributed by atoms with Crippen LogP contribution >= 0.6 is 0 Å². The lowest BCUT2D eigenvalue weighted by Gasteiger charge is -2.28. The second kappa shape index (κ2) is 8.08. The molecular weight excluding hydrogens is 214 g/mol. The SMILES string of the molecule is CC(C)CCNC(=O)C(C)N(C)C(C)CC#N. The number of likely N-dealkylation sites (N-methyl/N-ethyl adjacent to an activating group) is 1. The molecule has 0 aliphatic heterocycles. The zero-order valence-corrected chi connectivity index (χ0v) is 11.7. The minimum absolute atomic E-state index is 0.0398. The summed E-state index contributed by atoms with van der Waals surface area (Å²) in [5.41, 5.74) is 0. The molecule has 0 bridgehead atoms. The molecule has 0 radical (unpaired) electrons. The summed E-state index contributed by atoms with van der Waals surface area (Å²) in [7, 11) is 1.88. The largest absolute Gasteiger partial charge is 0.355 e. The van der Waals surface area contributed by atoms with Crippen LogP contribution in [0.25, 0.3) is 0 Å². The average Bonchev–Trinajstić information content (AvgIpc) is 2.26. The second-order valence-corrected chi connectivity index (χ2v) is 5.03. The van der Waals surface area contributed by atoms with Gasteiger partial charge in [-0.3, -0.25) is 9.69 Å². The van der Waals surface area contributed by atoms with Crippen molar-refractivity contribution in [1.29, 1.82) is 5.26 Å². The van der Waals surface area contributed by atoms with Crippen molar-refractivity contribution in [2.45, 2.75) is 52.6 Å². The fraction of sp³-hybridized carbons (Fsp3) is 0.846. The Bertz CT molecular complexity index is 270. The second-order valence-electron chi connectivity index (χ2n) is 5.03.